The van der Waals surface area contributed by atoms with Gasteiger partial charge in [0.25, 0.3) is 0 Å². The Morgan fingerprint density at radius 2 is 2.00 bits per heavy atom. The van der Waals surface area contributed by atoms with Crippen LogP contribution in [-0.2, 0) is 11.3 Å². The van der Waals surface area contributed by atoms with Crippen LogP contribution in [0.25, 0.3) is 17.3 Å². The molecule has 0 radical (unpaired) electrons. The van der Waals surface area contributed by atoms with E-state index in [1.807, 2.05) is 0 Å². The Morgan fingerprint density at radius 1 is 1.19 bits per heavy atom. The molecule has 3 heterocycles. The zero-order valence-corrected chi connectivity index (χ0v) is 15.8. The highest BCUT2D eigenvalue weighted by Crippen LogP contribution is 2.35. The lowest BCUT2D eigenvalue weighted by atomic mass is 10.0. The van der Waals surface area contributed by atoms with Crippen molar-refractivity contribution in [1.29, 1.82) is 0 Å². The van der Waals surface area contributed by atoms with Gasteiger partial charge >= 0.3 is 5.97 Å². The first-order valence-corrected chi connectivity index (χ1v) is 8.92. The van der Waals surface area contributed by atoms with Gasteiger partial charge in [-0.15, -0.1) is 0 Å². The predicted molar refractivity (Wildman–Crippen MR) is 102 cm³/mol. The van der Waals surface area contributed by atoms with E-state index in [0.717, 1.165) is 0 Å². The highest BCUT2D eigenvalue weighted by molar-refractivity contribution is 6.35. The average molecular weight is 426 g/mol. The van der Waals surface area contributed by atoms with Crippen molar-refractivity contribution < 1.29 is 19.1 Å². The molecule has 2 aromatic heterocycles. The fourth-order valence-electron chi connectivity index (χ4n) is 2.94. The highest BCUT2D eigenvalue weighted by Gasteiger charge is 2.29. The fourth-order valence-corrected chi connectivity index (χ4v) is 3.58. The highest BCUT2D eigenvalue weighted by atomic mass is 35.5. The van der Waals surface area contributed by atoms with Crippen molar-refractivity contribution in [1.82, 2.24) is 9.78 Å². The summed E-state index contributed by atoms with van der Waals surface area (Å²) < 4.78 is 12.4. The van der Waals surface area contributed by atoms with Gasteiger partial charge in [-0.3, -0.25) is 0 Å². The summed E-state index contributed by atoms with van der Waals surface area (Å²) in [5.41, 5.74) is 2.15. The number of ether oxygens (including phenoxy) is 1. The number of carbonyl (C=O) groups is 1. The third-order valence-electron chi connectivity index (χ3n) is 4.04. The standard InChI is InChI=1S/C18H11Cl3N2O4/c19-10-1-3-14(13(20)6-10)23-17-9(5-11-2-4-15(21)27-11)7-26-8-12(17)16(22-23)18(24)25/h1-6H,7-8H2,(H,24,25). The van der Waals surface area contributed by atoms with Gasteiger partial charge in [-0.2, -0.15) is 5.10 Å². The molecule has 3 aromatic rings. The molecule has 0 saturated heterocycles. The summed E-state index contributed by atoms with van der Waals surface area (Å²) in [5, 5.41) is 14.9. The summed E-state index contributed by atoms with van der Waals surface area (Å²) in [6, 6.07) is 8.24. The third-order valence-corrected chi connectivity index (χ3v) is 4.78. The molecule has 0 fully saturated rings. The van der Waals surface area contributed by atoms with Gasteiger partial charge in [0.15, 0.2) is 10.9 Å². The van der Waals surface area contributed by atoms with Crippen LogP contribution in [0.4, 0.5) is 0 Å². The van der Waals surface area contributed by atoms with Gasteiger partial charge in [-0.05, 0) is 48.0 Å². The third kappa shape index (κ3) is 3.37. The van der Waals surface area contributed by atoms with E-state index in [2.05, 4.69) is 5.10 Å². The fraction of sp³-hybridized carbons (Fsp3) is 0.111. The normalized spacial score (nSPS) is 15.1. The number of nitrogens with zero attached hydrogens (tertiary/aromatic N) is 2. The molecule has 1 aromatic carbocycles. The monoisotopic (exact) mass is 424 g/mol. The SMILES string of the molecule is O=C(O)c1nn(-c2ccc(Cl)cc2Cl)c2c1COCC2=Cc1ccc(Cl)o1. The van der Waals surface area contributed by atoms with Crippen molar-refractivity contribution in [2.45, 2.75) is 6.61 Å². The molecule has 6 nitrogen and oxygen atoms in total. The first kappa shape index (κ1) is 18.1. The Morgan fingerprint density at radius 3 is 2.67 bits per heavy atom. The first-order valence-electron chi connectivity index (χ1n) is 7.78. The zero-order valence-electron chi connectivity index (χ0n) is 13.6. The van der Waals surface area contributed by atoms with E-state index < -0.39 is 5.97 Å². The van der Waals surface area contributed by atoms with Crippen molar-refractivity contribution in [3.63, 3.8) is 0 Å². The Hall–Kier alpha value is -2.25. The Kier molecular flexibility index (Phi) is 4.74. The van der Waals surface area contributed by atoms with Crippen LogP contribution in [0, 0.1) is 0 Å². The van der Waals surface area contributed by atoms with E-state index in [9.17, 15) is 9.90 Å². The van der Waals surface area contributed by atoms with Crippen LogP contribution in [0.1, 0.15) is 27.5 Å². The summed E-state index contributed by atoms with van der Waals surface area (Å²) in [5.74, 6) is -0.640. The van der Waals surface area contributed by atoms with Crippen molar-refractivity contribution in [2.75, 3.05) is 6.61 Å². The quantitative estimate of drug-likeness (QED) is 0.624. The van der Waals surface area contributed by atoms with Crippen LogP contribution in [0.15, 0.2) is 34.7 Å². The molecule has 4 rings (SSSR count). The molecular weight excluding hydrogens is 415 g/mol. The average Bonchev–Trinajstić information content (AvgIpc) is 3.19. The topological polar surface area (TPSA) is 77.5 Å². The van der Waals surface area contributed by atoms with E-state index in [1.165, 1.54) is 4.68 Å². The van der Waals surface area contributed by atoms with E-state index >= 15 is 0 Å². The molecule has 1 N–H and O–H groups in total. The van der Waals surface area contributed by atoms with Gasteiger partial charge in [0, 0.05) is 16.2 Å². The minimum absolute atomic E-state index is 0.0981. The Labute approximate surface area is 168 Å². The number of furan rings is 1. The number of carboxylic acids is 1. The summed E-state index contributed by atoms with van der Waals surface area (Å²) in [7, 11) is 0. The molecule has 1 aliphatic heterocycles. The number of hydrogen-bond acceptors (Lipinski definition) is 4. The van der Waals surface area contributed by atoms with Gasteiger partial charge in [-0.1, -0.05) is 23.2 Å². The molecule has 0 spiro atoms. The minimum Gasteiger partial charge on any atom is -0.476 e. The summed E-state index contributed by atoms with van der Waals surface area (Å²) in [6.45, 7) is 0.375. The van der Waals surface area contributed by atoms with Crippen LogP contribution < -0.4 is 0 Å². The lowest BCUT2D eigenvalue weighted by Gasteiger charge is -2.19. The van der Waals surface area contributed by atoms with E-state index in [4.69, 9.17) is 44.0 Å². The second-order valence-electron chi connectivity index (χ2n) is 5.79. The minimum atomic E-state index is -1.15. The van der Waals surface area contributed by atoms with Crippen LogP contribution in [0.3, 0.4) is 0 Å². The van der Waals surface area contributed by atoms with E-state index in [1.54, 1.807) is 36.4 Å². The number of aromatic carboxylic acids is 1. The van der Waals surface area contributed by atoms with Gasteiger partial charge in [0.05, 0.1) is 29.6 Å². The van der Waals surface area contributed by atoms with Crippen LogP contribution >= 0.6 is 34.8 Å². The smallest absolute Gasteiger partial charge is 0.356 e. The van der Waals surface area contributed by atoms with Crippen molar-refractivity contribution in [2.24, 2.45) is 0 Å². The molecule has 27 heavy (non-hydrogen) atoms. The van der Waals surface area contributed by atoms with Crippen molar-refractivity contribution in [3.05, 3.63) is 68.3 Å². The molecule has 0 bridgehead atoms. The number of aromatic nitrogens is 2. The van der Waals surface area contributed by atoms with Gasteiger partial charge in [-0.25, -0.2) is 9.48 Å². The maximum Gasteiger partial charge on any atom is 0.356 e. The Bertz CT molecular complexity index is 1080. The van der Waals surface area contributed by atoms with E-state index in [-0.39, 0.29) is 24.1 Å². The molecule has 0 aliphatic carbocycles. The largest absolute Gasteiger partial charge is 0.476 e. The molecule has 138 valence electrons. The lowest BCUT2D eigenvalue weighted by molar-refractivity contribution is 0.0683. The second-order valence-corrected chi connectivity index (χ2v) is 7.01. The number of fused-ring (bicyclic) bond motifs is 1. The number of hydrogen-bond donors (Lipinski definition) is 1. The molecule has 9 heteroatoms. The summed E-state index contributed by atoms with van der Waals surface area (Å²) in [6.07, 6.45) is 1.73. The first-order chi connectivity index (χ1) is 12.9. The van der Waals surface area contributed by atoms with Crippen LogP contribution in [0.5, 0.6) is 0 Å². The second kappa shape index (κ2) is 7.05. The van der Waals surface area contributed by atoms with Gasteiger partial charge in [0.2, 0.25) is 0 Å². The van der Waals surface area contributed by atoms with Crippen LogP contribution in [0.2, 0.25) is 15.3 Å². The number of halogens is 3. The van der Waals surface area contributed by atoms with E-state index in [0.29, 0.717) is 38.3 Å². The Balaban J connectivity index is 1.95. The molecule has 0 atom stereocenters. The van der Waals surface area contributed by atoms with Crippen LogP contribution in [-0.4, -0.2) is 27.5 Å². The number of benzene rings is 1. The number of rotatable bonds is 3. The predicted octanol–water partition coefficient (Wildman–Crippen LogP) is 5.19. The maximum absolute atomic E-state index is 11.7. The molecule has 0 amide bonds. The lowest BCUT2D eigenvalue weighted by Crippen LogP contribution is -2.13. The van der Waals surface area contributed by atoms with Crippen molar-refractivity contribution in [3.8, 4) is 5.69 Å². The zero-order chi connectivity index (χ0) is 19.1. The molecule has 0 saturated carbocycles. The van der Waals surface area contributed by atoms with Gasteiger partial charge in [0.1, 0.15) is 5.76 Å². The van der Waals surface area contributed by atoms with Gasteiger partial charge < -0.3 is 14.3 Å². The summed E-state index contributed by atoms with van der Waals surface area (Å²) in [4.78, 5) is 11.7. The molecular formula is C18H11Cl3N2O4. The molecule has 0 unspecified atom stereocenters. The summed E-state index contributed by atoms with van der Waals surface area (Å²) >= 11 is 18.1. The number of carboxylic acid groups (broad SMARTS) is 1. The van der Waals surface area contributed by atoms with Crippen molar-refractivity contribution >= 4 is 52.4 Å². The maximum atomic E-state index is 11.7. The molecule has 1 aliphatic rings.